The number of hydrogen-bond acceptors (Lipinski definition) is 0. The summed E-state index contributed by atoms with van der Waals surface area (Å²) < 4.78 is 0. The summed E-state index contributed by atoms with van der Waals surface area (Å²) in [6.07, 6.45) is 20.0. The molecule has 0 saturated carbocycles. The van der Waals surface area contributed by atoms with E-state index in [0.717, 1.165) is 25.9 Å². The van der Waals surface area contributed by atoms with Crippen molar-refractivity contribution in [2.24, 2.45) is 0 Å². The largest absolute Gasteiger partial charge is 4.00 e. The van der Waals surface area contributed by atoms with Gasteiger partial charge in [0.25, 0.3) is 0 Å². The van der Waals surface area contributed by atoms with E-state index in [1.165, 1.54) is 0 Å². The molecule has 0 fully saturated rings. The average molecular weight is 425 g/mol. The molecule has 0 N–H and O–H groups in total. The molecule has 19 heavy (non-hydrogen) atoms. The SMILES string of the molecule is CC[N-]C.CC[N-]C.[C-]1=CC=CC1.[C-]1=CC=CC1.[Hf+4]. The van der Waals surface area contributed by atoms with Crippen LogP contribution in [0.1, 0.15) is 26.7 Å². The monoisotopic (exact) mass is 426 g/mol. The van der Waals surface area contributed by atoms with Crippen LogP contribution in [0.15, 0.2) is 36.5 Å². The van der Waals surface area contributed by atoms with E-state index in [1.807, 2.05) is 38.2 Å². The molecule has 2 nitrogen and oxygen atoms in total. The minimum absolute atomic E-state index is 0. The van der Waals surface area contributed by atoms with E-state index in [2.05, 4.69) is 34.9 Å². The fourth-order valence-electron chi connectivity index (χ4n) is 0.680. The smallest absolute Gasteiger partial charge is 0.665 e. The van der Waals surface area contributed by atoms with Gasteiger partial charge in [0, 0.05) is 0 Å². The Kier molecular flexibility index (Phi) is 33.0. The molecule has 0 radical (unpaired) electrons. The fraction of sp³-hybridized carbons (Fsp3) is 0.500. The Morgan fingerprint density at radius 2 is 1.16 bits per heavy atom. The molecule has 0 aromatic rings. The van der Waals surface area contributed by atoms with Crippen molar-refractivity contribution >= 4 is 0 Å². The normalized spacial score (nSPS) is 12.4. The molecule has 2 aliphatic carbocycles. The molecule has 0 heterocycles. The van der Waals surface area contributed by atoms with Crippen molar-refractivity contribution in [3.8, 4) is 0 Å². The summed E-state index contributed by atoms with van der Waals surface area (Å²) >= 11 is 0. The van der Waals surface area contributed by atoms with Gasteiger partial charge in [0.2, 0.25) is 0 Å². The summed E-state index contributed by atoms with van der Waals surface area (Å²) in [4.78, 5) is 0. The number of hydrogen-bond donors (Lipinski definition) is 0. The maximum Gasteiger partial charge on any atom is 4.00 e. The molecule has 0 aromatic carbocycles. The maximum atomic E-state index is 3.74. The first-order chi connectivity index (χ1) is 8.83. The zero-order valence-corrected chi connectivity index (χ0v) is 16.3. The van der Waals surface area contributed by atoms with Gasteiger partial charge in [-0.2, -0.15) is 39.3 Å². The predicted octanol–water partition coefficient (Wildman–Crippen LogP) is 4.63. The molecule has 2 rings (SSSR count). The topological polar surface area (TPSA) is 28.2 Å². The van der Waals surface area contributed by atoms with Crippen LogP contribution >= 0.6 is 0 Å². The Labute approximate surface area is 138 Å². The third kappa shape index (κ3) is 31.9. The summed E-state index contributed by atoms with van der Waals surface area (Å²) in [6, 6.07) is 0. The number of allylic oxidation sites excluding steroid dienone is 8. The Balaban J connectivity index is -0.000000178. The van der Waals surface area contributed by atoms with Gasteiger partial charge in [-0.05, 0) is 0 Å². The van der Waals surface area contributed by atoms with Gasteiger partial charge in [-0.15, -0.1) is 12.8 Å². The summed E-state index contributed by atoms with van der Waals surface area (Å²) in [5.41, 5.74) is 0. The van der Waals surface area contributed by atoms with Crippen molar-refractivity contribution in [1.29, 1.82) is 0 Å². The van der Waals surface area contributed by atoms with Crippen LogP contribution in [0.5, 0.6) is 0 Å². The van der Waals surface area contributed by atoms with Crippen LogP contribution < -0.4 is 0 Å². The van der Waals surface area contributed by atoms with E-state index in [9.17, 15) is 0 Å². The van der Waals surface area contributed by atoms with Gasteiger partial charge in [0.15, 0.2) is 0 Å². The van der Waals surface area contributed by atoms with Crippen LogP contribution in [0.2, 0.25) is 0 Å². The Morgan fingerprint density at radius 3 is 1.21 bits per heavy atom. The predicted molar refractivity (Wildman–Crippen MR) is 82.8 cm³/mol. The fourth-order valence-corrected chi connectivity index (χ4v) is 0.680. The molecule has 0 aliphatic heterocycles. The van der Waals surface area contributed by atoms with Gasteiger partial charge in [-0.25, -0.2) is 24.3 Å². The van der Waals surface area contributed by atoms with Crippen molar-refractivity contribution in [3.63, 3.8) is 0 Å². The molecule has 0 unspecified atom stereocenters. The van der Waals surface area contributed by atoms with Crippen LogP contribution in [0.4, 0.5) is 0 Å². The second kappa shape index (κ2) is 26.3. The summed E-state index contributed by atoms with van der Waals surface area (Å²) in [6.45, 7) is 5.92. The van der Waals surface area contributed by atoms with E-state index >= 15 is 0 Å². The summed E-state index contributed by atoms with van der Waals surface area (Å²) in [5.74, 6) is 0. The molecule has 0 saturated heterocycles. The molecule has 0 atom stereocenters. The van der Waals surface area contributed by atoms with Gasteiger partial charge in [-0.1, -0.05) is 13.8 Å². The van der Waals surface area contributed by atoms with Crippen molar-refractivity contribution in [2.45, 2.75) is 26.7 Å². The Bertz CT molecular complexity index is 193. The molecule has 0 aromatic heterocycles. The van der Waals surface area contributed by atoms with Crippen LogP contribution in [0.3, 0.4) is 0 Å². The third-order valence-electron chi connectivity index (χ3n) is 1.80. The molecule has 3 heteroatoms. The van der Waals surface area contributed by atoms with Crippen molar-refractivity contribution in [2.75, 3.05) is 27.2 Å². The van der Waals surface area contributed by atoms with Crippen molar-refractivity contribution in [3.05, 3.63) is 59.2 Å². The standard InChI is InChI=1S/2C5H5.2C3H8N.Hf/c2*1-2-4-5-3-1;2*1-3-4-2;/h2*1-3H,4H2;2*3H2,1-2H3;/q4*-1;+4. The van der Waals surface area contributed by atoms with E-state index in [-0.39, 0.29) is 25.8 Å². The second-order valence-corrected chi connectivity index (χ2v) is 3.27. The minimum Gasteiger partial charge on any atom is -0.665 e. The quantitative estimate of drug-likeness (QED) is 0.457. The van der Waals surface area contributed by atoms with Crippen LogP contribution in [0, 0.1) is 12.2 Å². The Morgan fingerprint density at radius 1 is 0.842 bits per heavy atom. The maximum absolute atomic E-state index is 3.74. The van der Waals surface area contributed by atoms with Crippen molar-refractivity contribution in [1.82, 2.24) is 0 Å². The van der Waals surface area contributed by atoms with Crippen LogP contribution in [-0.4, -0.2) is 27.2 Å². The molecular weight excluding hydrogens is 399 g/mol. The first-order valence-corrected chi connectivity index (χ1v) is 6.38. The minimum atomic E-state index is 0. The van der Waals surface area contributed by atoms with E-state index in [1.54, 1.807) is 14.1 Å². The van der Waals surface area contributed by atoms with Gasteiger partial charge in [0.1, 0.15) is 0 Å². The molecular formula is C16H26HfN2. The number of nitrogens with zero attached hydrogens (tertiary/aromatic N) is 2. The number of rotatable bonds is 2. The van der Waals surface area contributed by atoms with Crippen LogP contribution in [-0.2, 0) is 25.8 Å². The first-order valence-electron chi connectivity index (χ1n) is 6.38. The first kappa shape index (κ1) is 23.8. The summed E-state index contributed by atoms with van der Waals surface area (Å²) in [5, 5.41) is 7.47. The van der Waals surface area contributed by atoms with Crippen LogP contribution in [0.25, 0.3) is 10.6 Å². The zero-order valence-electron chi connectivity index (χ0n) is 12.7. The molecule has 104 valence electrons. The van der Waals surface area contributed by atoms with Gasteiger partial charge in [-0.3, -0.25) is 12.2 Å². The van der Waals surface area contributed by atoms with Crippen molar-refractivity contribution < 1.29 is 25.8 Å². The van der Waals surface area contributed by atoms with Gasteiger partial charge < -0.3 is 10.6 Å². The van der Waals surface area contributed by atoms with Gasteiger partial charge >= 0.3 is 25.8 Å². The molecule has 0 amide bonds. The molecule has 0 spiro atoms. The zero-order chi connectivity index (χ0) is 13.9. The molecule has 0 bridgehead atoms. The average Bonchev–Trinajstić information content (AvgIpc) is 3.14. The van der Waals surface area contributed by atoms with E-state index in [4.69, 9.17) is 0 Å². The third-order valence-corrected chi connectivity index (χ3v) is 1.80. The second-order valence-electron chi connectivity index (χ2n) is 3.27. The summed E-state index contributed by atoms with van der Waals surface area (Å²) in [7, 11) is 3.61. The van der Waals surface area contributed by atoms with Gasteiger partial charge in [0.05, 0.1) is 0 Å². The molecule has 2 aliphatic rings. The van der Waals surface area contributed by atoms with E-state index < -0.39 is 0 Å². The Hall–Kier alpha value is -0.250. The van der Waals surface area contributed by atoms with E-state index in [0.29, 0.717) is 0 Å².